The monoisotopic (exact) mass is 452 g/mol. The van der Waals surface area contributed by atoms with Crippen LogP contribution in [0.15, 0.2) is 63.9 Å². The van der Waals surface area contributed by atoms with E-state index in [4.69, 9.17) is 14.3 Å². The SMILES string of the molecule is COc1ccc(/C=N\OCC(=O)N=Nc2c(O)n(C[NH+]3CCOCC3)c3ccccc23)cc1. The zero-order valence-corrected chi connectivity index (χ0v) is 18.3. The number of para-hydroxylation sites is 1. The smallest absolute Gasteiger partial charge is 0.304 e. The predicted octanol–water partition coefficient (Wildman–Crippen LogP) is 1.89. The molecule has 4 rings (SSSR count). The maximum atomic E-state index is 12.1. The molecule has 0 spiro atoms. The van der Waals surface area contributed by atoms with Crippen molar-refractivity contribution in [3.8, 4) is 11.6 Å². The van der Waals surface area contributed by atoms with Crippen molar-refractivity contribution in [2.45, 2.75) is 6.67 Å². The van der Waals surface area contributed by atoms with Gasteiger partial charge in [0, 0.05) is 5.39 Å². The second kappa shape index (κ2) is 10.7. The molecule has 2 aromatic carbocycles. The maximum Gasteiger partial charge on any atom is 0.304 e. The summed E-state index contributed by atoms with van der Waals surface area (Å²) in [6.07, 6.45) is 1.48. The van der Waals surface area contributed by atoms with Crippen molar-refractivity contribution in [3.05, 3.63) is 54.1 Å². The van der Waals surface area contributed by atoms with E-state index in [9.17, 15) is 9.90 Å². The first kappa shape index (κ1) is 22.4. The summed E-state index contributed by atoms with van der Waals surface area (Å²) in [5, 5.41) is 23.0. The van der Waals surface area contributed by atoms with Crippen molar-refractivity contribution >= 4 is 28.7 Å². The van der Waals surface area contributed by atoms with Crippen molar-refractivity contribution < 1.29 is 29.1 Å². The lowest BCUT2D eigenvalue weighted by Gasteiger charge is -2.24. The van der Waals surface area contributed by atoms with Crippen LogP contribution in [0.1, 0.15) is 5.56 Å². The third-order valence-electron chi connectivity index (χ3n) is 5.34. The van der Waals surface area contributed by atoms with E-state index in [1.54, 1.807) is 23.8 Å². The van der Waals surface area contributed by atoms with Crippen LogP contribution in [0.2, 0.25) is 0 Å². The van der Waals surface area contributed by atoms with Crippen LogP contribution in [0.25, 0.3) is 10.9 Å². The molecule has 1 fully saturated rings. The van der Waals surface area contributed by atoms with Gasteiger partial charge in [0.25, 0.3) is 0 Å². The van der Waals surface area contributed by atoms with Gasteiger partial charge in [-0.25, -0.2) is 0 Å². The average Bonchev–Trinajstić information content (AvgIpc) is 3.12. The Morgan fingerprint density at radius 1 is 1.18 bits per heavy atom. The topological polar surface area (TPSA) is 111 Å². The Balaban J connectivity index is 1.41. The molecule has 10 nitrogen and oxygen atoms in total. The molecule has 0 unspecified atom stereocenters. The standard InChI is InChI=1S/C23H25N5O5/c1-31-18-8-6-17(7-9-18)14-24-33-15-21(29)25-26-22-19-4-2-3-5-20(19)28(23(22)30)16-27-10-12-32-13-11-27/h2-9,14,30H,10-13,15-16H2,1H3/p+1/b24-14-,26-25?. The zero-order chi connectivity index (χ0) is 23.0. The van der Waals surface area contributed by atoms with E-state index < -0.39 is 5.91 Å². The lowest BCUT2D eigenvalue weighted by Crippen LogP contribution is -3.13. The molecule has 1 saturated heterocycles. The summed E-state index contributed by atoms with van der Waals surface area (Å²) < 4.78 is 12.3. The number of carbonyl (C=O) groups excluding carboxylic acids is 1. The zero-order valence-electron chi connectivity index (χ0n) is 18.3. The predicted molar refractivity (Wildman–Crippen MR) is 121 cm³/mol. The number of fused-ring (bicyclic) bond motifs is 1. The van der Waals surface area contributed by atoms with Gasteiger partial charge in [0.2, 0.25) is 5.88 Å². The lowest BCUT2D eigenvalue weighted by molar-refractivity contribution is -0.930. The molecule has 0 radical (unpaired) electrons. The summed E-state index contributed by atoms with van der Waals surface area (Å²) in [7, 11) is 1.59. The minimum atomic E-state index is -0.614. The van der Waals surface area contributed by atoms with Crippen molar-refractivity contribution in [1.82, 2.24) is 4.57 Å². The molecule has 0 bridgehead atoms. The number of aromatic hydroxyl groups is 1. The Bertz CT molecular complexity index is 1150. The van der Waals surface area contributed by atoms with E-state index in [2.05, 4.69) is 15.4 Å². The van der Waals surface area contributed by atoms with Gasteiger partial charge in [-0.2, -0.15) is 0 Å². The van der Waals surface area contributed by atoms with Crippen LogP contribution in [0.4, 0.5) is 5.69 Å². The van der Waals surface area contributed by atoms with E-state index in [1.807, 2.05) is 36.4 Å². The summed E-state index contributed by atoms with van der Waals surface area (Å²) >= 11 is 0. The molecule has 0 aliphatic carbocycles. The van der Waals surface area contributed by atoms with Crippen molar-refractivity contribution in [3.63, 3.8) is 0 Å². The van der Waals surface area contributed by atoms with E-state index in [0.717, 1.165) is 35.3 Å². The van der Waals surface area contributed by atoms with Crippen LogP contribution in [0.3, 0.4) is 0 Å². The van der Waals surface area contributed by atoms with Gasteiger partial charge in [0.15, 0.2) is 19.0 Å². The van der Waals surface area contributed by atoms with Gasteiger partial charge in [-0.1, -0.05) is 23.4 Å². The summed E-state index contributed by atoms with van der Waals surface area (Å²) in [6.45, 7) is 3.30. The van der Waals surface area contributed by atoms with Crippen LogP contribution in [-0.4, -0.2) is 61.8 Å². The summed E-state index contributed by atoms with van der Waals surface area (Å²) in [5.74, 6) is 0.0988. The molecule has 172 valence electrons. The molecule has 1 aliphatic rings. The molecule has 0 atom stereocenters. The van der Waals surface area contributed by atoms with E-state index in [1.165, 1.54) is 11.1 Å². The van der Waals surface area contributed by atoms with E-state index in [-0.39, 0.29) is 18.2 Å². The van der Waals surface area contributed by atoms with Crippen molar-refractivity contribution in [2.75, 3.05) is 40.0 Å². The Morgan fingerprint density at radius 2 is 1.94 bits per heavy atom. The number of hydrogen-bond acceptors (Lipinski definition) is 7. The normalized spacial score (nSPS) is 14.9. The summed E-state index contributed by atoms with van der Waals surface area (Å²) in [5.41, 5.74) is 1.88. The number of methoxy groups -OCH3 is 1. The first-order chi connectivity index (χ1) is 16.2. The number of nitrogens with one attached hydrogen (secondary N) is 1. The van der Waals surface area contributed by atoms with Crippen LogP contribution in [0.5, 0.6) is 11.6 Å². The summed E-state index contributed by atoms with van der Waals surface area (Å²) in [4.78, 5) is 18.4. The van der Waals surface area contributed by atoms with Crippen LogP contribution >= 0.6 is 0 Å². The minimum absolute atomic E-state index is 0.0230. The molecular formula is C23H26N5O5+. The number of ether oxygens (including phenoxy) is 2. The molecular weight excluding hydrogens is 426 g/mol. The number of oxime groups is 1. The highest BCUT2D eigenvalue weighted by Gasteiger charge is 2.21. The minimum Gasteiger partial charge on any atom is -0.497 e. The molecule has 1 aromatic heterocycles. The van der Waals surface area contributed by atoms with E-state index in [0.29, 0.717) is 19.9 Å². The third-order valence-corrected chi connectivity index (χ3v) is 5.34. The second-order valence-corrected chi connectivity index (χ2v) is 7.51. The fourth-order valence-electron chi connectivity index (χ4n) is 3.59. The number of azo groups is 1. The summed E-state index contributed by atoms with van der Waals surface area (Å²) in [6, 6.07) is 14.7. The highest BCUT2D eigenvalue weighted by atomic mass is 16.6. The molecule has 0 saturated carbocycles. The van der Waals surface area contributed by atoms with Crippen LogP contribution < -0.4 is 9.64 Å². The van der Waals surface area contributed by atoms with Crippen molar-refractivity contribution in [2.24, 2.45) is 15.4 Å². The fraction of sp³-hybridized carbons (Fsp3) is 0.304. The van der Waals surface area contributed by atoms with Gasteiger partial charge in [0.05, 0.1) is 32.1 Å². The largest absolute Gasteiger partial charge is 0.497 e. The highest BCUT2D eigenvalue weighted by molar-refractivity contribution is 5.95. The number of benzene rings is 2. The first-order valence-electron chi connectivity index (χ1n) is 10.6. The van der Waals surface area contributed by atoms with Gasteiger partial charge < -0.3 is 24.3 Å². The molecule has 1 amide bonds. The molecule has 33 heavy (non-hydrogen) atoms. The Hall–Kier alpha value is -3.76. The number of amides is 1. The number of morpholine rings is 1. The van der Waals surface area contributed by atoms with Gasteiger partial charge in [-0.05, 0) is 35.9 Å². The van der Waals surface area contributed by atoms with E-state index >= 15 is 0 Å². The van der Waals surface area contributed by atoms with Crippen LogP contribution in [-0.2, 0) is 21.0 Å². The number of hydrogen-bond donors (Lipinski definition) is 2. The fourth-order valence-corrected chi connectivity index (χ4v) is 3.59. The quantitative estimate of drug-likeness (QED) is 0.308. The lowest BCUT2D eigenvalue weighted by atomic mass is 10.2. The first-order valence-corrected chi connectivity index (χ1v) is 10.6. The molecule has 10 heteroatoms. The number of rotatable bonds is 8. The Kier molecular flexibility index (Phi) is 7.28. The van der Waals surface area contributed by atoms with Gasteiger partial charge in [-0.3, -0.25) is 9.36 Å². The highest BCUT2D eigenvalue weighted by Crippen LogP contribution is 2.38. The maximum absolute atomic E-state index is 12.1. The Morgan fingerprint density at radius 3 is 2.70 bits per heavy atom. The van der Waals surface area contributed by atoms with Gasteiger partial charge >= 0.3 is 5.91 Å². The third kappa shape index (κ3) is 5.54. The Labute approximate surface area is 190 Å². The second-order valence-electron chi connectivity index (χ2n) is 7.51. The van der Waals surface area contributed by atoms with Gasteiger partial charge in [0.1, 0.15) is 18.8 Å². The number of quaternary nitrogens is 1. The number of carbonyl (C=O) groups is 1. The molecule has 2 N–H and O–H groups in total. The van der Waals surface area contributed by atoms with Gasteiger partial charge in [-0.15, -0.1) is 10.2 Å². The molecule has 2 heterocycles. The van der Waals surface area contributed by atoms with Crippen molar-refractivity contribution in [1.29, 1.82) is 0 Å². The molecule has 1 aliphatic heterocycles. The van der Waals surface area contributed by atoms with Crippen LogP contribution in [0, 0.1) is 0 Å². The average molecular weight is 452 g/mol. The number of nitrogens with zero attached hydrogens (tertiary/aromatic N) is 4. The molecule has 3 aromatic rings. The number of aromatic nitrogens is 1.